The maximum atomic E-state index is 2.75. The molecule has 1 aromatic heterocycles. The maximum Gasteiger partial charge on any atom is 0.252 e. The van der Waals surface area contributed by atoms with E-state index in [2.05, 4.69) is 295 Å². The van der Waals surface area contributed by atoms with E-state index in [4.69, 9.17) is 0 Å². The van der Waals surface area contributed by atoms with Crippen LogP contribution >= 0.6 is 11.3 Å². The molecule has 0 atom stereocenters. The quantitative estimate of drug-likeness (QED) is 0.162. The van der Waals surface area contributed by atoms with Gasteiger partial charge in [0.25, 0.3) is 6.71 Å². The maximum absolute atomic E-state index is 2.75. The van der Waals surface area contributed by atoms with E-state index in [-0.39, 0.29) is 39.2 Å². The zero-order valence-electron chi connectivity index (χ0n) is 52.7. The van der Waals surface area contributed by atoms with Gasteiger partial charge in [-0.05, 0) is 186 Å². The molecule has 11 aromatic rings. The summed E-state index contributed by atoms with van der Waals surface area (Å²) in [7, 11) is 0. The summed E-state index contributed by atoms with van der Waals surface area (Å²) in [4.78, 5) is 5.48. The van der Waals surface area contributed by atoms with Gasteiger partial charge >= 0.3 is 0 Å². The molecule has 0 radical (unpaired) electrons. The number of anilines is 6. The van der Waals surface area contributed by atoms with Crippen LogP contribution in [0.15, 0.2) is 188 Å². The smallest absolute Gasteiger partial charge is 0.252 e. The summed E-state index contributed by atoms with van der Waals surface area (Å²) in [5.74, 6) is 0. The predicted molar refractivity (Wildman–Crippen MR) is 370 cm³/mol. The van der Waals surface area contributed by atoms with Crippen LogP contribution in [0.5, 0.6) is 0 Å². The summed E-state index contributed by atoms with van der Waals surface area (Å²) >= 11 is 2.01. The first-order valence-electron chi connectivity index (χ1n) is 31.6. The molecule has 0 fully saturated rings. The standard InChI is InChI=1S/C82H77BN2S/c1-48-25-24-26-49(2)73(48)51-41-70-74-71(42-51)85(68-34-23-18-29-53(68)50-27-16-15-17-28-50)75-66(38-36-54-55-44-61-62(47-72(55)86-76(54)75)78(5,6)40-39-77(61,3)4)83(74)67-45-64-65(82(13,14)59-33-22-21-32-58(59)81(64,11)12)46-69(67)84(70)52-35-37-60-63(43-52)80(9,10)57-31-20-19-30-56(57)79(60,7)8/h15-38,41-47H,39-40H2,1-14H3. The number of nitrogens with zero attached hydrogens (tertiary/aromatic N) is 2. The third kappa shape index (κ3) is 7.20. The second-order valence-corrected chi connectivity index (χ2v) is 30.7. The first kappa shape index (κ1) is 53.5. The second kappa shape index (κ2) is 17.9. The number of benzene rings is 10. The third-order valence-corrected chi connectivity index (χ3v) is 23.5. The number of thiophene rings is 1. The molecule has 16 rings (SSSR count). The van der Waals surface area contributed by atoms with Gasteiger partial charge in [-0.1, -0.05) is 223 Å². The van der Waals surface area contributed by atoms with Crippen molar-refractivity contribution < 1.29 is 0 Å². The lowest BCUT2D eigenvalue weighted by molar-refractivity contribution is 0.332. The second-order valence-electron chi connectivity index (χ2n) is 29.6. The fourth-order valence-electron chi connectivity index (χ4n) is 17.4. The number of para-hydroxylation sites is 1. The molecule has 86 heavy (non-hydrogen) atoms. The van der Waals surface area contributed by atoms with Crippen molar-refractivity contribution in [1.82, 2.24) is 0 Å². The molecule has 4 heteroatoms. The van der Waals surface area contributed by atoms with Crippen molar-refractivity contribution in [2.75, 3.05) is 9.80 Å². The van der Waals surface area contributed by atoms with Gasteiger partial charge < -0.3 is 9.80 Å². The molecule has 10 aromatic carbocycles. The highest BCUT2D eigenvalue weighted by atomic mass is 32.1. The number of hydrogen-bond donors (Lipinski definition) is 0. The Bertz CT molecular complexity index is 4730. The molecule has 0 saturated carbocycles. The van der Waals surface area contributed by atoms with Gasteiger partial charge in [0.05, 0.1) is 16.1 Å². The van der Waals surface area contributed by atoms with Crippen molar-refractivity contribution in [3.05, 3.63) is 255 Å². The Balaban J connectivity index is 1.08. The highest BCUT2D eigenvalue weighted by Crippen LogP contribution is 2.58. The van der Waals surface area contributed by atoms with Crippen molar-refractivity contribution in [2.24, 2.45) is 0 Å². The summed E-state index contributed by atoms with van der Waals surface area (Å²) in [6.45, 7) is 34.1. The van der Waals surface area contributed by atoms with Gasteiger partial charge in [0.1, 0.15) is 0 Å². The number of hydrogen-bond acceptors (Lipinski definition) is 3. The summed E-state index contributed by atoms with van der Waals surface area (Å²) in [6, 6.07) is 74.2. The van der Waals surface area contributed by atoms with E-state index in [0.29, 0.717) is 0 Å². The van der Waals surface area contributed by atoms with Gasteiger partial charge in [-0.3, -0.25) is 0 Å². The van der Waals surface area contributed by atoms with Crippen LogP contribution in [0.25, 0.3) is 42.4 Å². The van der Waals surface area contributed by atoms with Gasteiger partial charge in [-0.25, -0.2) is 0 Å². The Labute approximate surface area is 514 Å². The van der Waals surface area contributed by atoms with Crippen LogP contribution < -0.4 is 26.2 Å². The summed E-state index contributed by atoms with van der Waals surface area (Å²) in [5, 5.41) is 2.71. The monoisotopic (exact) mass is 1130 g/mol. The number of fused-ring (bicyclic) bond motifs is 13. The lowest BCUT2D eigenvalue weighted by Crippen LogP contribution is -2.62. The Kier molecular flexibility index (Phi) is 11.1. The minimum absolute atomic E-state index is 0.0792. The van der Waals surface area contributed by atoms with E-state index in [0.717, 1.165) is 0 Å². The van der Waals surface area contributed by atoms with E-state index in [1.807, 2.05) is 11.3 Å². The molecule has 0 amide bonds. The zero-order valence-corrected chi connectivity index (χ0v) is 53.5. The fraction of sp³-hybridized carbons (Fsp3) is 0.268. The molecule has 0 N–H and O–H groups in total. The Hall–Kier alpha value is -7.92. The fourth-order valence-corrected chi connectivity index (χ4v) is 18.6. The van der Waals surface area contributed by atoms with Crippen LogP contribution in [-0.2, 0) is 32.5 Å². The molecule has 5 aliphatic rings. The molecule has 0 saturated heterocycles. The van der Waals surface area contributed by atoms with Gasteiger partial charge in [0, 0.05) is 65.4 Å². The molecule has 0 bridgehead atoms. The van der Waals surface area contributed by atoms with Crippen molar-refractivity contribution in [3.63, 3.8) is 0 Å². The van der Waals surface area contributed by atoms with Gasteiger partial charge in [-0.2, -0.15) is 0 Å². The molecular formula is C82H77BN2S. The normalized spacial score (nSPS) is 18.0. The topological polar surface area (TPSA) is 6.48 Å². The predicted octanol–water partition coefficient (Wildman–Crippen LogP) is 20.4. The zero-order chi connectivity index (χ0) is 59.5. The summed E-state index contributed by atoms with van der Waals surface area (Å²) < 4.78 is 2.72. The lowest BCUT2D eigenvalue weighted by Gasteiger charge is -2.49. The minimum Gasteiger partial charge on any atom is -0.311 e. The molecule has 0 spiro atoms. The van der Waals surface area contributed by atoms with Crippen LogP contribution in [-0.4, -0.2) is 6.71 Å². The average Bonchev–Trinajstić information content (AvgIpc) is 0.900. The largest absolute Gasteiger partial charge is 0.311 e. The SMILES string of the molecule is Cc1cccc(C)c1-c1cc2c3c(c1)N(c1ccccc1-c1ccccc1)c1c(ccc4c1sc1cc5c(cc14)C(C)(C)CCC5(C)C)B3c1cc3c(cc1N2c1ccc2c(c1)C(C)(C)c1ccccc1C2(C)C)C(C)(C)c1ccccc1C3(C)C. The number of rotatable bonds is 4. The Morgan fingerprint density at radius 3 is 1.52 bits per heavy atom. The van der Waals surface area contributed by atoms with Crippen LogP contribution in [0.3, 0.4) is 0 Å². The summed E-state index contributed by atoms with van der Waals surface area (Å²) in [5.41, 5.74) is 32.4. The molecule has 2 aliphatic heterocycles. The third-order valence-electron chi connectivity index (χ3n) is 22.3. The van der Waals surface area contributed by atoms with Crippen LogP contribution in [0.2, 0.25) is 0 Å². The average molecular weight is 1130 g/mol. The summed E-state index contributed by atoms with van der Waals surface area (Å²) in [6.07, 6.45) is 2.36. The van der Waals surface area contributed by atoms with E-state index < -0.39 is 0 Å². The first-order valence-corrected chi connectivity index (χ1v) is 32.4. The van der Waals surface area contributed by atoms with Crippen molar-refractivity contribution in [2.45, 2.75) is 142 Å². The molecule has 2 nitrogen and oxygen atoms in total. The van der Waals surface area contributed by atoms with E-state index in [1.54, 1.807) is 0 Å². The van der Waals surface area contributed by atoms with Gasteiger partial charge in [-0.15, -0.1) is 11.3 Å². The Morgan fingerprint density at radius 2 is 0.895 bits per heavy atom. The first-order chi connectivity index (χ1) is 41.0. The number of aryl methyl sites for hydroxylation is 2. The Morgan fingerprint density at radius 1 is 0.372 bits per heavy atom. The van der Waals surface area contributed by atoms with Crippen LogP contribution in [0.1, 0.15) is 163 Å². The van der Waals surface area contributed by atoms with Gasteiger partial charge in [0.2, 0.25) is 0 Å². The van der Waals surface area contributed by atoms with Crippen LogP contribution in [0, 0.1) is 13.8 Å². The van der Waals surface area contributed by atoms with Crippen molar-refractivity contribution >= 4 is 88.7 Å². The van der Waals surface area contributed by atoms with E-state index in [9.17, 15) is 0 Å². The van der Waals surface area contributed by atoms with Gasteiger partial charge in [0.15, 0.2) is 0 Å². The molecule has 3 aliphatic carbocycles. The van der Waals surface area contributed by atoms with Crippen LogP contribution in [0.4, 0.5) is 34.1 Å². The molecular weight excluding hydrogens is 1060 g/mol. The van der Waals surface area contributed by atoms with Crippen molar-refractivity contribution in [3.8, 4) is 22.3 Å². The highest BCUT2D eigenvalue weighted by molar-refractivity contribution is 7.26. The van der Waals surface area contributed by atoms with Crippen molar-refractivity contribution in [1.29, 1.82) is 0 Å². The van der Waals surface area contributed by atoms with E-state index >= 15 is 0 Å². The minimum atomic E-state index is -0.271. The molecule has 424 valence electrons. The lowest BCUT2D eigenvalue weighted by atomic mass is 9.33. The molecule has 3 heterocycles. The molecule has 0 unspecified atom stereocenters. The van der Waals surface area contributed by atoms with E-state index in [1.165, 1.54) is 173 Å². The highest BCUT2D eigenvalue weighted by Gasteiger charge is 2.50.